The zero-order valence-electron chi connectivity index (χ0n) is 13.8. The highest BCUT2D eigenvalue weighted by atomic mass is 19.4. The number of alkyl halides is 3. The Morgan fingerprint density at radius 3 is 2.33 bits per heavy atom. The Kier molecular flexibility index (Phi) is 5.11. The van der Waals surface area contributed by atoms with Crippen molar-refractivity contribution < 1.29 is 27.8 Å². The molecular formula is C18H14F3N3O3. The third-order valence-corrected chi connectivity index (χ3v) is 3.63. The summed E-state index contributed by atoms with van der Waals surface area (Å²) in [6.45, 7) is 0.110. The fourth-order valence-corrected chi connectivity index (χ4v) is 2.30. The van der Waals surface area contributed by atoms with Crippen LogP contribution in [0.4, 0.5) is 13.2 Å². The van der Waals surface area contributed by atoms with Gasteiger partial charge in [0.2, 0.25) is 0 Å². The number of rotatable bonds is 6. The van der Waals surface area contributed by atoms with Crippen LogP contribution in [-0.2, 0) is 24.0 Å². The van der Waals surface area contributed by atoms with E-state index in [0.29, 0.717) is 22.7 Å². The van der Waals surface area contributed by atoms with Gasteiger partial charge in [-0.3, -0.25) is 4.79 Å². The van der Waals surface area contributed by atoms with Crippen molar-refractivity contribution in [3.8, 4) is 11.4 Å². The van der Waals surface area contributed by atoms with Crippen LogP contribution in [0.5, 0.6) is 5.75 Å². The molecule has 27 heavy (non-hydrogen) atoms. The standard InChI is InChI=1S/C18H14F3N3O3/c19-18(20,21)13-3-5-15(6-4-13)24-22-10-14(23-24)11-27-16-7-1-12(2-8-16)9-17(25)26/h1-8,10H,9,11H2,(H,25,26). The van der Waals surface area contributed by atoms with Gasteiger partial charge < -0.3 is 9.84 Å². The lowest BCUT2D eigenvalue weighted by molar-refractivity contribution is -0.138. The van der Waals surface area contributed by atoms with Gasteiger partial charge in [0.05, 0.1) is 23.9 Å². The first-order chi connectivity index (χ1) is 12.8. The lowest BCUT2D eigenvalue weighted by Crippen LogP contribution is -2.06. The SMILES string of the molecule is O=C(O)Cc1ccc(OCc2cnn(-c3ccc(C(F)(F)F)cc3)n2)cc1. The predicted octanol–water partition coefficient (Wildman–Crippen LogP) is 3.49. The molecule has 0 saturated heterocycles. The molecule has 0 aliphatic heterocycles. The van der Waals surface area contributed by atoms with Crippen LogP contribution in [0.2, 0.25) is 0 Å². The van der Waals surface area contributed by atoms with Gasteiger partial charge in [-0.1, -0.05) is 12.1 Å². The van der Waals surface area contributed by atoms with Crippen LogP contribution in [0.3, 0.4) is 0 Å². The quantitative estimate of drug-likeness (QED) is 0.712. The highest BCUT2D eigenvalue weighted by Crippen LogP contribution is 2.29. The number of carboxylic acids is 1. The van der Waals surface area contributed by atoms with Crippen LogP contribution in [0.1, 0.15) is 16.8 Å². The molecule has 0 fully saturated rings. The minimum atomic E-state index is -4.39. The largest absolute Gasteiger partial charge is 0.487 e. The molecule has 0 saturated carbocycles. The fraction of sp³-hybridized carbons (Fsp3) is 0.167. The van der Waals surface area contributed by atoms with E-state index in [-0.39, 0.29) is 13.0 Å². The molecule has 1 heterocycles. The number of hydrogen-bond donors (Lipinski definition) is 1. The molecule has 3 rings (SSSR count). The van der Waals surface area contributed by atoms with Crippen molar-refractivity contribution in [2.45, 2.75) is 19.2 Å². The third kappa shape index (κ3) is 4.84. The van der Waals surface area contributed by atoms with Crippen molar-refractivity contribution in [2.75, 3.05) is 0 Å². The van der Waals surface area contributed by atoms with Crippen molar-refractivity contribution in [1.29, 1.82) is 0 Å². The number of benzene rings is 2. The summed E-state index contributed by atoms with van der Waals surface area (Å²) < 4.78 is 43.3. The summed E-state index contributed by atoms with van der Waals surface area (Å²) in [4.78, 5) is 11.9. The summed E-state index contributed by atoms with van der Waals surface area (Å²) in [6, 6.07) is 11.1. The summed E-state index contributed by atoms with van der Waals surface area (Å²) in [7, 11) is 0. The Morgan fingerprint density at radius 1 is 1.07 bits per heavy atom. The van der Waals surface area contributed by atoms with E-state index in [9.17, 15) is 18.0 Å². The highest BCUT2D eigenvalue weighted by molar-refractivity contribution is 5.70. The van der Waals surface area contributed by atoms with Gasteiger partial charge in [-0.2, -0.15) is 23.1 Å². The minimum absolute atomic E-state index is 0.0677. The Labute approximate surface area is 151 Å². The van der Waals surface area contributed by atoms with Gasteiger partial charge >= 0.3 is 12.1 Å². The van der Waals surface area contributed by atoms with E-state index in [2.05, 4.69) is 10.2 Å². The van der Waals surface area contributed by atoms with Gasteiger partial charge in [0.1, 0.15) is 18.1 Å². The van der Waals surface area contributed by atoms with Crippen LogP contribution in [0, 0.1) is 0 Å². The Bertz CT molecular complexity index is 920. The van der Waals surface area contributed by atoms with Crippen molar-refractivity contribution >= 4 is 5.97 Å². The summed E-state index contributed by atoms with van der Waals surface area (Å²) in [5.41, 5.74) is 0.799. The second kappa shape index (κ2) is 7.48. The second-order valence-corrected chi connectivity index (χ2v) is 5.67. The molecule has 2 aromatic carbocycles. The minimum Gasteiger partial charge on any atom is -0.487 e. The van der Waals surface area contributed by atoms with Gasteiger partial charge in [0.25, 0.3) is 0 Å². The van der Waals surface area contributed by atoms with Crippen molar-refractivity contribution in [3.63, 3.8) is 0 Å². The number of ether oxygens (including phenoxy) is 1. The maximum Gasteiger partial charge on any atom is 0.416 e. The van der Waals surface area contributed by atoms with Gasteiger partial charge in [0, 0.05) is 0 Å². The summed E-state index contributed by atoms with van der Waals surface area (Å²) in [5, 5.41) is 16.9. The van der Waals surface area contributed by atoms with E-state index in [1.807, 2.05) is 0 Å². The van der Waals surface area contributed by atoms with Crippen molar-refractivity contribution in [2.24, 2.45) is 0 Å². The van der Waals surface area contributed by atoms with E-state index in [1.54, 1.807) is 24.3 Å². The predicted molar refractivity (Wildman–Crippen MR) is 88.5 cm³/mol. The van der Waals surface area contributed by atoms with Crippen LogP contribution in [-0.4, -0.2) is 26.1 Å². The Morgan fingerprint density at radius 2 is 1.74 bits per heavy atom. The summed E-state index contributed by atoms with van der Waals surface area (Å²) in [6.07, 6.45) is -3.01. The van der Waals surface area contributed by atoms with Crippen molar-refractivity contribution in [1.82, 2.24) is 15.0 Å². The molecule has 0 aliphatic rings. The normalized spacial score (nSPS) is 11.4. The lowest BCUT2D eigenvalue weighted by atomic mass is 10.1. The molecule has 3 aromatic rings. The molecule has 0 aliphatic carbocycles. The Balaban J connectivity index is 1.62. The zero-order valence-corrected chi connectivity index (χ0v) is 13.8. The first-order valence-electron chi connectivity index (χ1n) is 7.83. The van der Waals surface area contributed by atoms with Crippen LogP contribution in [0.15, 0.2) is 54.7 Å². The molecule has 9 heteroatoms. The van der Waals surface area contributed by atoms with Crippen molar-refractivity contribution in [3.05, 3.63) is 71.5 Å². The average molecular weight is 377 g/mol. The first kappa shape index (κ1) is 18.4. The van der Waals surface area contributed by atoms with E-state index in [0.717, 1.165) is 12.1 Å². The maximum absolute atomic E-state index is 12.6. The molecule has 1 N–H and O–H groups in total. The average Bonchev–Trinajstić information content (AvgIpc) is 3.09. The number of halogens is 3. The van der Waals surface area contributed by atoms with E-state index >= 15 is 0 Å². The summed E-state index contributed by atoms with van der Waals surface area (Å²) in [5.74, 6) is -0.378. The smallest absolute Gasteiger partial charge is 0.416 e. The maximum atomic E-state index is 12.6. The topological polar surface area (TPSA) is 77.2 Å². The molecule has 1 aromatic heterocycles. The van der Waals surface area contributed by atoms with Gasteiger partial charge in [-0.15, -0.1) is 5.10 Å². The number of carbonyl (C=O) groups is 1. The number of hydrogen-bond acceptors (Lipinski definition) is 4. The molecule has 6 nitrogen and oxygen atoms in total. The molecular weight excluding hydrogens is 363 g/mol. The van der Waals surface area contributed by atoms with Gasteiger partial charge in [-0.05, 0) is 42.0 Å². The molecule has 0 bridgehead atoms. The fourth-order valence-electron chi connectivity index (χ4n) is 2.30. The van der Waals surface area contributed by atoms with Crippen LogP contribution < -0.4 is 4.74 Å². The first-order valence-corrected chi connectivity index (χ1v) is 7.83. The highest BCUT2D eigenvalue weighted by Gasteiger charge is 2.30. The number of carboxylic acid groups (broad SMARTS) is 1. The lowest BCUT2D eigenvalue weighted by Gasteiger charge is -2.07. The van der Waals surface area contributed by atoms with Gasteiger partial charge in [-0.25, -0.2) is 0 Å². The van der Waals surface area contributed by atoms with Crippen LogP contribution in [0.25, 0.3) is 5.69 Å². The molecule has 0 radical (unpaired) electrons. The molecule has 140 valence electrons. The Hall–Kier alpha value is -3.36. The number of aromatic nitrogens is 3. The van der Waals surface area contributed by atoms with E-state index < -0.39 is 17.7 Å². The third-order valence-electron chi connectivity index (χ3n) is 3.63. The monoisotopic (exact) mass is 377 g/mol. The second-order valence-electron chi connectivity index (χ2n) is 5.67. The molecule has 0 unspecified atom stereocenters. The molecule has 0 amide bonds. The van der Waals surface area contributed by atoms with Gasteiger partial charge in [0.15, 0.2) is 0 Å². The molecule has 0 atom stereocenters. The van der Waals surface area contributed by atoms with Crippen LogP contribution >= 0.6 is 0 Å². The summed E-state index contributed by atoms with van der Waals surface area (Å²) >= 11 is 0. The van der Waals surface area contributed by atoms with E-state index in [4.69, 9.17) is 9.84 Å². The number of nitrogens with zero attached hydrogens (tertiary/aromatic N) is 3. The zero-order chi connectivity index (χ0) is 19.4. The molecule has 0 spiro atoms. The van der Waals surface area contributed by atoms with E-state index in [1.165, 1.54) is 23.1 Å². The number of aliphatic carboxylic acids is 1.